The van der Waals surface area contributed by atoms with E-state index < -0.39 is 6.04 Å². The average molecular weight is 344 g/mol. The van der Waals surface area contributed by atoms with Crippen LogP contribution >= 0.6 is 0 Å². The number of nitrogens with zero attached hydrogens (tertiary/aromatic N) is 4. The van der Waals surface area contributed by atoms with Crippen LogP contribution in [0.4, 0.5) is 0 Å². The van der Waals surface area contributed by atoms with Crippen LogP contribution in [0.2, 0.25) is 0 Å². The van der Waals surface area contributed by atoms with Crippen molar-refractivity contribution in [2.45, 2.75) is 38.8 Å². The molecule has 1 unspecified atom stereocenters. The second-order valence-electron chi connectivity index (χ2n) is 6.67. The molecule has 8 nitrogen and oxygen atoms in total. The number of carbonyl (C=O) groups excluding carboxylic acids is 2. The molecular weight excluding hydrogens is 320 g/mol. The summed E-state index contributed by atoms with van der Waals surface area (Å²) >= 11 is 0. The van der Waals surface area contributed by atoms with E-state index in [0.717, 1.165) is 12.8 Å². The molecule has 1 fully saturated rings. The Labute approximate surface area is 146 Å². The highest BCUT2D eigenvalue weighted by molar-refractivity contribution is 5.93. The molecule has 1 aliphatic rings. The zero-order valence-corrected chi connectivity index (χ0v) is 14.6. The van der Waals surface area contributed by atoms with Crippen molar-refractivity contribution in [3.63, 3.8) is 0 Å². The lowest BCUT2D eigenvalue weighted by atomic mass is 9.90. The van der Waals surface area contributed by atoms with Gasteiger partial charge in [0.2, 0.25) is 5.91 Å². The number of nitrogens with two attached hydrogens (primary N) is 1. The van der Waals surface area contributed by atoms with Crippen molar-refractivity contribution in [2.24, 2.45) is 11.7 Å². The molecule has 0 spiro atoms. The van der Waals surface area contributed by atoms with Gasteiger partial charge in [0.15, 0.2) is 5.65 Å². The van der Waals surface area contributed by atoms with Crippen LogP contribution in [0.5, 0.6) is 0 Å². The summed E-state index contributed by atoms with van der Waals surface area (Å²) in [5.74, 6) is 0.121. The Morgan fingerprint density at radius 1 is 1.32 bits per heavy atom. The molecule has 134 valence electrons. The van der Waals surface area contributed by atoms with Gasteiger partial charge in [-0.2, -0.15) is 5.10 Å². The SMILES string of the molecule is CC(NC(=O)c1cn2ncccc2n1)C1CCN(C(=O)[C@H](C)N)CC1. The molecule has 2 atom stereocenters. The number of aromatic nitrogens is 3. The van der Waals surface area contributed by atoms with Gasteiger partial charge in [0.05, 0.1) is 12.2 Å². The van der Waals surface area contributed by atoms with Gasteiger partial charge in [-0.05, 0) is 44.7 Å². The maximum Gasteiger partial charge on any atom is 0.271 e. The first kappa shape index (κ1) is 17.3. The molecule has 1 aliphatic heterocycles. The van der Waals surface area contributed by atoms with Gasteiger partial charge in [0.25, 0.3) is 5.91 Å². The molecule has 0 radical (unpaired) electrons. The molecule has 3 heterocycles. The van der Waals surface area contributed by atoms with Gasteiger partial charge in [-0.1, -0.05) is 0 Å². The third kappa shape index (κ3) is 3.79. The molecule has 2 aromatic rings. The minimum Gasteiger partial charge on any atom is -0.348 e. The van der Waals surface area contributed by atoms with Gasteiger partial charge in [0.1, 0.15) is 5.69 Å². The Morgan fingerprint density at radius 3 is 2.68 bits per heavy atom. The van der Waals surface area contributed by atoms with Crippen LogP contribution < -0.4 is 11.1 Å². The number of carbonyl (C=O) groups is 2. The number of rotatable bonds is 4. The minimum atomic E-state index is -0.461. The maximum absolute atomic E-state index is 12.4. The van der Waals surface area contributed by atoms with Gasteiger partial charge in [-0.3, -0.25) is 9.59 Å². The van der Waals surface area contributed by atoms with Gasteiger partial charge in [0, 0.05) is 25.3 Å². The van der Waals surface area contributed by atoms with E-state index in [-0.39, 0.29) is 17.9 Å². The first-order chi connectivity index (χ1) is 12.0. The Balaban J connectivity index is 1.56. The lowest BCUT2D eigenvalue weighted by Gasteiger charge is -2.35. The predicted octanol–water partition coefficient (Wildman–Crippen LogP) is 0.433. The Kier molecular flexibility index (Phi) is 4.98. The van der Waals surface area contributed by atoms with Gasteiger partial charge in [-0.25, -0.2) is 9.50 Å². The van der Waals surface area contributed by atoms with Crippen molar-refractivity contribution >= 4 is 17.5 Å². The second-order valence-corrected chi connectivity index (χ2v) is 6.67. The van der Waals surface area contributed by atoms with E-state index in [0.29, 0.717) is 30.3 Å². The topological polar surface area (TPSA) is 106 Å². The van der Waals surface area contributed by atoms with Crippen molar-refractivity contribution in [1.29, 1.82) is 0 Å². The first-order valence-corrected chi connectivity index (χ1v) is 8.61. The van der Waals surface area contributed by atoms with E-state index in [1.165, 1.54) is 0 Å². The summed E-state index contributed by atoms with van der Waals surface area (Å²) in [6.07, 6.45) is 4.98. The maximum atomic E-state index is 12.4. The zero-order valence-electron chi connectivity index (χ0n) is 14.6. The van der Waals surface area contributed by atoms with Crippen molar-refractivity contribution in [2.75, 3.05) is 13.1 Å². The third-order valence-corrected chi connectivity index (χ3v) is 4.78. The van der Waals surface area contributed by atoms with Gasteiger partial charge >= 0.3 is 0 Å². The summed E-state index contributed by atoms with van der Waals surface area (Å²) < 4.78 is 1.58. The van der Waals surface area contributed by atoms with E-state index in [9.17, 15) is 9.59 Å². The number of hydrogen-bond acceptors (Lipinski definition) is 5. The van der Waals surface area contributed by atoms with Crippen LogP contribution in [0, 0.1) is 5.92 Å². The van der Waals surface area contributed by atoms with E-state index >= 15 is 0 Å². The summed E-state index contributed by atoms with van der Waals surface area (Å²) in [7, 11) is 0. The van der Waals surface area contributed by atoms with E-state index in [1.807, 2.05) is 11.8 Å². The van der Waals surface area contributed by atoms with Gasteiger partial charge < -0.3 is 16.0 Å². The molecule has 3 N–H and O–H groups in total. The Bertz CT molecular complexity index is 730. The quantitative estimate of drug-likeness (QED) is 0.837. The lowest BCUT2D eigenvalue weighted by molar-refractivity contribution is -0.133. The fourth-order valence-electron chi connectivity index (χ4n) is 3.25. The summed E-state index contributed by atoms with van der Waals surface area (Å²) in [6.45, 7) is 5.08. The predicted molar refractivity (Wildman–Crippen MR) is 92.9 cm³/mol. The third-order valence-electron chi connectivity index (χ3n) is 4.78. The van der Waals surface area contributed by atoms with Crippen LogP contribution in [-0.4, -0.2) is 56.5 Å². The van der Waals surface area contributed by atoms with Gasteiger partial charge in [-0.15, -0.1) is 0 Å². The molecule has 1 saturated heterocycles. The molecule has 2 aromatic heterocycles. The summed E-state index contributed by atoms with van der Waals surface area (Å²) in [5, 5.41) is 7.14. The standard InChI is InChI=1S/C17H24N6O2/c1-11(18)17(25)22-8-5-13(6-9-22)12(2)20-16(24)14-10-23-15(21-14)4-3-7-19-23/h3-4,7,10-13H,5-6,8-9,18H2,1-2H3,(H,20,24)/t11-,12?/m0/s1. The fraction of sp³-hybridized carbons (Fsp3) is 0.529. The molecule has 0 aromatic carbocycles. The molecule has 25 heavy (non-hydrogen) atoms. The average Bonchev–Trinajstić information content (AvgIpc) is 3.05. The molecule has 8 heteroatoms. The van der Waals surface area contributed by atoms with E-state index in [1.54, 1.807) is 36.0 Å². The zero-order chi connectivity index (χ0) is 18.0. The Morgan fingerprint density at radius 2 is 2.04 bits per heavy atom. The van der Waals surface area contributed by atoms with Crippen LogP contribution in [-0.2, 0) is 4.79 Å². The number of imidazole rings is 1. The summed E-state index contributed by atoms with van der Waals surface area (Å²) in [4.78, 5) is 30.5. The highest BCUT2D eigenvalue weighted by Crippen LogP contribution is 2.21. The number of piperidine rings is 1. The number of hydrogen-bond donors (Lipinski definition) is 2. The highest BCUT2D eigenvalue weighted by atomic mass is 16.2. The van der Waals surface area contributed by atoms with Crippen molar-refractivity contribution in [3.05, 3.63) is 30.2 Å². The van der Waals surface area contributed by atoms with Crippen LogP contribution in [0.25, 0.3) is 5.65 Å². The first-order valence-electron chi connectivity index (χ1n) is 8.61. The highest BCUT2D eigenvalue weighted by Gasteiger charge is 2.28. The monoisotopic (exact) mass is 344 g/mol. The Hall–Kier alpha value is -2.48. The molecule has 3 rings (SSSR count). The summed E-state index contributed by atoms with van der Waals surface area (Å²) in [5.41, 5.74) is 6.66. The van der Waals surface area contributed by atoms with Crippen LogP contribution in [0.15, 0.2) is 24.5 Å². The van der Waals surface area contributed by atoms with Crippen molar-refractivity contribution in [3.8, 4) is 0 Å². The normalized spacial score (nSPS) is 18.1. The van der Waals surface area contributed by atoms with E-state index in [2.05, 4.69) is 15.4 Å². The minimum absolute atomic E-state index is 0.00709. The van der Waals surface area contributed by atoms with E-state index in [4.69, 9.17) is 5.73 Å². The number of fused-ring (bicyclic) bond motifs is 1. The molecule has 2 amide bonds. The lowest BCUT2D eigenvalue weighted by Crippen LogP contribution is -2.49. The molecule has 0 saturated carbocycles. The van der Waals surface area contributed by atoms with Crippen LogP contribution in [0.1, 0.15) is 37.2 Å². The molecular formula is C17H24N6O2. The second kappa shape index (κ2) is 7.18. The van der Waals surface area contributed by atoms with Crippen LogP contribution in [0.3, 0.4) is 0 Å². The smallest absolute Gasteiger partial charge is 0.271 e. The molecule has 0 aliphatic carbocycles. The van der Waals surface area contributed by atoms with Crippen molar-refractivity contribution in [1.82, 2.24) is 24.8 Å². The molecule has 0 bridgehead atoms. The summed E-state index contributed by atoms with van der Waals surface area (Å²) in [6, 6.07) is 3.14. The largest absolute Gasteiger partial charge is 0.348 e. The van der Waals surface area contributed by atoms with Crippen molar-refractivity contribution < 1.29 is 9.59 Å². The number of amides is 2. The fourth-order valence-corrected chi connectivity index (χ4v) is 3.25. The number of likely N-dealkylation sites (tertiary alicyclic amines) is 1. The number of nitrogens with one attached hydrogen (secondary N) is 1.